The van der Waals surface area contributed by atoms with Gasteiger partial charge in [0.15, 0.2) is 6.61 Å². The second kappa shape index (κ2) is 9.40. The van der Waals surface area contributed by atoms with E-state index in [1.165, 1.54) is 22.7 Å². The molecule has 0 unspecified atom stereocenters. The fourth-order valence-electron chi connectivity index (χ4n) is 2.43. The zero-order valence-corrected chi connectivity index (χ0v) is 16.4. The van der Waals surface area contributed by atoms with Crippen LogP contribution in [0.15, 0.2) is 23.1 Å². The fourth-order valence-corrected chi connectivity index (χ4v) is 3.22. The van der Waals surface area contributed by atoms with Gasteiger partial charge in [0.05, 0.1) is 23.5 Å². The highest BCUT2D eigenvalue weighted by Gasteiger charge is 2.20. The number of fused-ring (bicyclic) bond motifs is 1. The van der Waals surface area contributed by atoms with E-state index in [-0.39, 0.29) is 30.0 Å². The molecule has 1 aliphatic heterocycles. The van der Waals surface area contributed by atoms with Crippen molar-refractivity contribution in [3.63, 3.8) is 0 Å². The zero-order chi connectivity index (χ0) is 20.0. The van der Waals surface area contributed by atoms with Gasteiger partial charge in [-0.15, -0.1) is 11.8 Å². The molecular formula is C18H23N3O5S. The molecule has 1 heterocycles. The number of esters is 1. The average molecular weight is 393 g/mol. The van der Waals surface area contributed by atoms with Crippen molar-refractivity contribution in [3.8, 4) is 0 Å². The average Bonchev–Trinajstić information content (AvgIpc) is 2.62. The summed E-state index contributed by atoms with van der Waals surface area (Å²) in [6.45, 7) is 5.18. The number of hydrogen-bond donors (Lipinski definition) is 2. The van der Waals surface area contributed by atoms with E-state index in [1.54, 1.807) is 19.1 Å². The van der Waals surface area contributed by atoms with E-state index in [2.05, 4.69) is 10.6 Å². The molecule has 2 rings (SSSR count). The van der Waals surface area contributed by atoms with Crippen LogP contribution in [0.2, 0.25) is 0 Å². The van der Waals surface area contributed by atoms with Crippen molar-refractivity contribution < 1.29 is 23.9 Å². The van der Waals surface area contributed by atoms with Gasteiger partial charge in [0, 0.05) is 17.5 Å². The van der Waals surface area contributed by atoms with Crippen LogP contribution in [0.25, 0.3) is 0 Å². The number of anilines is 1. The van der Waals surface area contributed by atoms with E-state index in [0.717, 1.165) is 4.90 Å². The number of likely N-dealkylation sites (N-methyl/N-ethyl adjacent to an activating group) is 1. The first kappa shape index (κ1) is 20.8. The van der Waals surface area contributed by atoms with E-state index in [0.29, 0.717) is 18.0 Å². The Kier molecular flexibility index (Phi) is 7.23. The molecule has 1 aliphatic rings. The lowest BCUT2D eigenvalue weighted by Gasteiger charge is -2.21. The summed E-state index contributed by atoms with van der Waals surface area (Å²) in [7, 11) is 0. The lowest BCUT2D eigenvalue weighted by molar-refractivity contribution is -0.138. The Balaban J connectivity index is 1.92. The van der Waals surface area contributed by atoms with Gasteiger partial charge in [-0.2, -0.15) is 0 Å². The number of carbonyl (C=O) groups excluding carboxylic acids is 4. The number of rotatable bonds is 7. The summed E-state index contributed by atoms with van der Waals surface area (Å²) in [5, 5.41) is 5.41. The van der Waals surface area contributed by atoms with Gasteiger partial charge in [-0.25, -0.2) is 4.79 Å². The molecule has 0 aliphatic carbocycles. The van der Waals surface area contributed by atoms with Crippen LogP contribution in [0.1, 0.15) is 31.1 Å². The molecule has 0 saturated heterocycles. The third kappa shape index (κ3) is 5.99. The minimum absolute atomic E-state index is 0.0215. The first-order valence-electron chi connectivity index (χ1n) is 8.61. The van der Waals surface area contributed by atoms with Crippen LogP contribution in [-0.2, 0) is 19.1 Å². The highest BCUT2D eigenvalue weighted by atomic mass is 32.2. The number of benzene rings is 1. The maximum atomic E-state index is 12.2. The molecule has 0 aromatic heterocycles. The van der Waals surface area contributed by atoms with Crippen molar-refractivity contribution in [2.45, 2.75) is 31.7 Å². The Hall–Kier alpha value is -2.55. The van der Waals surface area contributed by atoms with Gasteiger partial charge in [-0.05, 0) is 39.0 Å². The van der Waals surface area contributed by atoms with E-state index in [1.807, 2.05) is 13.8 Å². The van der Waals surface area contributed by atoms with E-state index in [4.69, 9.17) is 4.74 Å². The topological polar surface area (TPSA) is 105 Å². The molecule has 0 spiro atoms. The van der Waals surface area contributed by atoms with Gasteiger partial charge in [-0.3, -0.25) is 14.4 Å². The summed E-state index contributed by atoms with van der Waals surface area (Å²) in [5.41, 5.74) is 0.794. The van der Waals surface area contributed by atoms with Crippen LogP contribution in [0.5, 0.6) is 0 Å². The molecule has 0 radical (unpaired) electrons. The van der Waals surface area contributed by atoms with Crippen molar-refractivity contribution in [1.82, 2.24) is 10.2 Å². The number of thioether (sulfide) groups is 1. The molecule has 0 bridgehead atoms. The number of amides is 3. The summed E-state index contributed by atoms with van der Waals surface area (Å²) in [6, 6.07) is 4.82. The number of hydrogen-bond acceptors (Lipinski definition) is 6. The van der Waals surface area contributed by atoms with Crippen LogP contribution >= 0.6 is 11.8 Å². The van der Waals surface area contributed by atoms with Crippen molar-refractivity contribution in [2.75, 3.05) is 30.8 Å². The van der Waals surface area contributed by atoms with Crippen LogP contribution in [0, 0.1) is 0 Å². The monoisotopic (exact) mass is 393 g/mol. The van der Waals surface area contributed by atoms with Gasteiger partial charge in [0.1, 0.15) is 0 Å². The van der Waals surface area contributed by atoms with Crippen molar-refractivity contribution in [1.29, 1.82) is 0 Å². The third-order valence-electron chi connectivity index (χ3n) is 3.69. The Bertz CT molecular complexity index is 751. The van der Waals surface area contributed by atoms with Crippen LogP contribution in [-0.4, -0.2) is 60.1 Å². The summed E-state index contributed by atoms with van der Waals surface area (Å²) in [5.74, 6) is -1.19. The number of ether oxygens (including phenoxy) is 1. The lowest BCUT2D eigenvalue weighted by Crippen LogP contribution is -2.44. The number of nitrogens with one attached hydrogen (secondary N) is 2. The molecule has 8 nitrogen and oxygen atoms in total. The normalized spacial score (nSPS) is 12.8. The molecule has 1 aromatic carbocycles. The van der Waals surface area contributed by atoms with Crippen LogP contribution in [0.4, 0.5) is 5.69 Å². The van der Waals surface area contributed by atoms with Gasteiger partial charge < -0.3 is 20.3 Å². The van der Waals surface area contributed by atoms with E-state index in [9.17, 15) is 19.2 Å². The second-order valence-electron chi connectivity index (χ2n) is 6.25. The molecule has 1 aromatic rings. The highest BCUT2D eigenvalue weighted by Crippen LogP contribution is 2.32. The quantitative estimate of drug-likeness (QED) is 0.676. The lowest BCUT2D eigenvalue weighted by atomic mass is 10.2. The number of carbonyl (C=O) groups is 4. The molecular weight excluding hydrogens is 370 g/mol. The van der Waals surface area contributed by atoms with Gasteiger partial charge in [-0.1, -0.05) is 0 Å². The summed E-state index contributed by atoms with van der Waals surface area (Å²) < 4.78 is 5.07. The molecule has 2 N–H and O–H groups in total. The standard InChI is InChI=1S/C18H23N3O5S/c1-4-21(8-15(22)19-11(2)3)17(24)9-26-18(25)12-5-6-14-13(7-12)20-16(23)10-27-14/h5-7,11H,4,8-10H2,1-3H3,(H,19,22)(H,20,23). The van der Waals surface area contributed by atoms with Crippen molar-refractivity contribution in [2.24, 2.45) is 0 Å². The Morgan fingerprint density at radius 3 is 2.74 bits per heavy atom. The zero-order valence-electron chi connectivity index (χ0n) is 15.5. The Labute approximate surface area is 162 Å². The SMILES string of the molecule is CCN(CC(=O)NC(C)C)C(=O)COC(=O)c1ccc2c(c1)NC(=O)CS2. The molecule has 27 heavy (non-hydrogen) atoms. The molecule has 3 amide bonds. The van der Waals surface area contributed by atoms with Crippen LogP contribution < -0.4 is 10.6 Å². The van der Waals surface area contributed by atoms with Crippen LogP contribution in [0.3, 0.4) is 0 Å². The minimum atomic E-state index is -0.668. The molecule has 9 heteroatoms. The number of nitrogens with zero attached hydrogens (tertiary/aromatic N) is 1. The fraction of sp³-hybridized carbons (Fsp3) is 0.444. The van der Waals surface area contributed by atoms with Gasteiger partial charge in [0.2, 0.25) is 11.8 Å². The predicted octanol–water partition coefficient (Wildman–Crippen LogP) is 1.26. The maximum Gasteiger partial charge on any atom is 0.338 e. The Morgan fingerprint density at radius 1 is 1.33 bits per heavy atom. The Morgan fingerprint density at radius 2 is 2.07 bits per heavy atom. The first-order chi connectivity index (χ1) is 12.8. The van der Waals surface area contributed by atoms with Crippen molar-refractivity contribution in [3.05, 3.63) is 23.8 Å². The van der Waals surface area contributed by atoms with Gasteiger partial charge in [0.25, 0.3) is 5.91 Å². The van der Waals surface area contributed by atoms with E-state index >= 15 is 0 Å². The van der Waals surface area contributed by atoms with E-state index < -0.39 is 18.5 Å². The molecule has 0 atom stereocenters. The first-order valence-corrected chi connectivity index (χ1v) is 9.59. The van der Waals surface area contributed by atoms with Gasteiger partial charge >= 0.3 is 5.97 Å². The summed E-state index contributed by atoms with van der Waals surface area (Å²) in [6.07, 6.45) is 0. The summed E-state index contributed by atoms with van der Waals surface area (Å²) in [4.78, 5) is 49.9. The molecule has 146 valence electrons. The second-order valence-corrected chi connectivity index (χ2v) is 7.27. The summed E-state index contributed by atoms with van der Waals surface area (Å²) >= 11 is 1.39. The van der Waals surface area contributed by atoms with Crippen molar-refractivity contribution >= 4 is 41.1 Å². The molecule has 0 saturated carbocycles. The minimum Gasteiger partial charge on any atom is -0.452 e. The smallest absolute Gasteiger partial charge is 0.338 e. The largest absolute Gasteiger partial charge is 0.452 e. The maximum absolute atomic E-state index is 12.2. The predicted molar refractivity (Wildman–Crippen MR) is 102 cm³/mol. The highest BCUT2D eigenvalue weighted by molar-refractivity contribution is 8.00. The third-order valence-corrected chi connectivity index (χ3v) is 4.77. The molecule has 0 fully saturated rings.